The Bertz CT molecular complexity index is 1390. The van der Waals surface area contributed by atoms with Crippen molar-refractivity contribution < 1.29 is 18.0 Å². The van der Waals surface area contributed by atoms with Crippen LogP contribution in [0.1, 0.15) is 30.0 Å². The molecule has 202 valence electrons. The highest BCUT2D eigenvalue weighted by Gasteiger charge is 2.33. The Kier molecular flexibility index (Phi) is 9.82. The fourth-order valence-electron chi connectivity index (χ4n) is 4.26. The number of amides is 2. The Morgan fingerprint density at radius 1 is 0.921 bits per heavy atom. The summed E-state index contributed by atoms with van der Waals surface area (Å²) < 4.78 is 28.8. The second-order valence-electron chi connectivity index (χ2n) is 8.98. The highest BCUT2D eigenvalue weighted by atomic mass is 35.5. The van der Waals surface area contributed by atoms with Crippen LogP contribution in [0.3, 0.4) is 0 Å². The monoisotopic (exact) mass is 575 g/mol. The van der Waals surface area contributed by atoms with E-state index in [1.165, 1.54) is 24.1 Å². The van der Waals surface area contributed by atoms with Crippen LogP contribution in [0.15, 0.2) is 71.6 Å². The molecule has 3 aromatic rings. The number of aryl methyl sites for hydroxylation is 2. The van der Waals surface area contributed by atoms with E-state index in [0.717, 1.165) is 15.4 Å². The summed E-state index contributed by atoms with van der Waals surface area (Å²) in [6.45, 7) is 5.04. The van der Waals surface area contributed by atoms with Crippen LogP contribution < -0.4 is 9.62 Å². The molecule has 0 aromatic heterocycles. The minimum atomic E-state index is -4.11. The Hall–Kier alpha value is -3.07. The molecule has 7 nitrogen and oxygen atoms in total. The number of hydrogen-bond acceptors (Lipinski definition) is 4. The summed E-state index contributed by atoms with van der Waals surface area (Å²) in [5, 5.41) is 3.28. The molecule has 1 N–H and O–H groups in total. The van der Waals surface area contributed by atoms with Gasteiger partial charge in [-0.25, -0.2) is 8.42 Å². The maximum absolute atomic E-state index is 13.9. The van der Waals surface area contributed by atoms with Gasteiger partial charge >= 0.3 is 0 Å². The van der Waals surface area contributed by atoms with Gasteiger partial charge < -0.3 is 10.2 Å². The van der Waals surface area contributed by atoms with Gasteiger partial charge in [0.2, 0.25) is 11.8 Å². The summed E-state index contributed by atoms with van der Waals surface area (Å²) in [5.74, 6) is -0.894. The summed E-state index contributed by atoms with van der Waals surface area (Å²) in [6, 6.07) is 17.5. The predicted octanol–water partition coefficient (Wildman–Crippen LogP) is 5.36. The number of likely N-dealkylation sites (N-methyl/N-ethyl adjacent to an activating group) is 1. The summed E-state index contributed by atoms with van der Waals surface area (Å²) in [5.41, 5.74) is 2.72. The minimum Gasteiger partial charge on any atom is -0.357 e. The first kappa shape index (κ1) is 29.5. The van der Waals surface area contributed by atoms with E-state index < -0.39 is 28.5 Å². The third kappa shape index (κ3) is 6.87. The molecule has 3 aromatic carbocycles. The van der Waals surface area contributed by atoms with Crippen molar-refractivity contribution >= 4 is 50.7 Å². The number of carbonyl (C=O) groups excluding carboxylic acids is 2. The Labute approximate surface area is 234 Å². The van der Waals surface area contributed by atoms with Crippen molar-refractivity contribution in [2.45, 2.75) is 44.7 Å². The lowest BCUT2D eigenvalue weighted by Gasteiger charge is -2.33. The van der Waals surface area contributed by atoms with E-state index in [1.807, 2.05) is 19.9 Å². The van der Waals surface area contributed by atoms with Gasteiger partial charge in [0, 0.05) is 13.6 Å². The van der Waals surface area contributed by atoms with Gasteiger partial charge in [-0.05, 0) is 73.4 Å². The zero-order valence-corrected chi connectivity index (χ0v) is 24.1. The molecule has 0 saturated heterocycles. The Balaban J connectivity index is 2.09. The molecule has 0 unspecified atom stereocenters. The zero-order chi connectivity index (χ0) is 28.0. The molecule has 0 aliphatic carbocycles. The number of rotatable bonds is 10. The van der Waals surface area contributed by atoms with Crippen molar-refractivity contribution in [3.63, 3.8) is 0 Å². The molecule has 0 bridgehead atoms. The smallest absolute Gasteiger partial charge is 0.264 e. The molecule has 0 heterocycles. The van der Waals surface area contributed by atoms with Crippen LogP contribution in [0, 0.1) is 13.8 Å². The third-order valence-corrected chi connectivity index (χ3v) is 8.60. The van der Waals surface area contributed by atoms with Crippen molar-refractivity contribution in [1.82, 2.24) is 10.2 Å². The average molecular weight is 577 g/mol. The lowest BCUT2D eigenvalue weighted by molar-refractivity contribution is -0.140. The average Bonchev–Trinajstić information content (AvgIpc) is 2.88. The Morgan fingerprint density at radius 2 is 1.55 bits per heavy atom. The van der Waals surface area contributed by atoms with Crippen molar-refractivity contribution in [3.05, 3.63) is 93.5 Å². The van der Waals surface area contributed by atoms with E-state index in [0.29, 0.717) is 27.7 Å². The summed E-state index contributed by atoms with van der Waals surface area (Å²) >= 11 is 12.3. The highest BCUT2D eigenvalue weighted by molar-refractivity contribution is 7.92. The van der Waals surface area contributed by atoms with Gasteiger partial charge in [-0.1, -0.05) is 60.5 Å². The fraction of sp³-hybridized carbons (Fsp3) is 0.286. The van der Waals surface area contributed by atoms with Crippen LogP contribution >= 0.6 is 23.2 Å². The van der Waals surface area contributed by atoms with E-state index >= 15 is 0 Å². The molecule has 0 aliphatic heterocycles. The second kappa shape index (κ2) is 12.7. The van der Waals surface area contributed by atoms with Crippen LogP contribution in [-0.2, 0) is 26.2 Å². The van der Waals surface area contributed by atoms with E-state index in [9.17, 15) is 18.0 Å². The number of benzene rings is 3. The maximum Gasteiger partial charge on any atom is 0.264 e. The molecular formula is C28H31Cl2N3O4S. The maximum atomic E-state index is 13.9. The lowest BCUT2D eigenvalue weighted by atomic mass is 10.1. The van der Waals surface area contributed by atoms with Crippen molar-refractivity contribution in [2.24, 2.45) is 0 Å². The van der Waals surface area contributed by atoms with Crippen molar-refractivity contribution in [3.8, 4) is 0 Å². The number of sulfonamides is 1. The number of halogens is 2. The number of nitrogens with zero attached hydrogens (tertiary/aromatic N) is 2. The van der Waals surface area contributed by atoms with Gasteiger partial charge in [-0.15, -0.1) is 0 Å². The standard InChI is InChI=1S/C28H31Cl2N3O4S/c1-5-26(28(35)31-4)32(17-21-11-12-24(29)25(30)16-21)27(34)18-33(22-14-19(2)13-20(3)15-22)38(36,37)23-9-7-6-8-10-23/h6-16,26H,5,17-18H2,1-4H3,(H,31,35)/t26-/m0/s1. The topological polar surface area (TPSA) is 86.8 Å². The molecule has 0 aliphatic rings. The van der Waals surface area contributed by atoms with Crippen LogP contribution in [-0.4, -0.2) is 44.8 Å². The van der Waals surface area contributed by atoms with Gasteiger partial charge in [0.15, 0.2) is 0 Å². The van der Waals surface area contributed by atoms with Crippen molar-refractivity contribution in [2.75, 3.05) is 17.9 Å². The van der Waals surface area contributed by atoms with Crippen LogP contribution in [0.5, 0.6) is 0 Å². The molecule has 38 heavy (non-hydrogen) atoms. The molecule has 0 fully saturated rings. The van der Waals surface area contributed by atoms with Crippen LogP contribution in [0.25, 0.3) is 0 Å². The van der Waals surface area contributed by atoms with Gasteiger partial charge in [0.25, 0.3) is 10.0 Å². The molecule has 0 saturated carbocycles. The number of anilines is 1. The number of nitrogens with one attached hydrogen (secondary N) is 1. The first-order chi connectivity index (χ1) is 18.0. The molecule has 0 radical (unpaired) electrons. The summed E-state index contributed by atoms with van der Waals surface area (Å²) in [7, 11) is -2.62. The quantitative estimate of drug-likeness (QED) is 0.352. The molecule has 3 rings (SSSR count). The van der Waals surface area contributed by atoms with Gasteiger partial charge in [-0.3, -0.25) is 13.9 Å². The van der Waals surface area contributed by atoms with E-state index in [4.69, 9.17) is 23.2 Å². The third-order valence-electron chi connectivity index (χ3n) is 6.07. The molecule has 2 amide bonds. The zero-order valence-electron chi connectivity index (χ0n) is 21.7. The van der Waals surface area contributed by atoms with Crippen LogP contribution in [0.2, 0.25) is 10.0 Å². The Morgan fingerprint density at radius 3 is 2.11 bits per heavy atom. The van der Waals surface area contributed by atoms with Gasteiger partial charge in [0.05, 0.1) is 20.6 Å². The molecule has 10 heteroatoms. The van der Waals surface area contributed by atoms with Gasteiger partial charge in [0.1, 0.15) is 12.6 Å². The largest absolute Gasteiger partial charge is 0.357 e. The number of carbonyl (C=O) groups is 2. The van der Waals surface area contributed by atoms with Crippen LogP contribution in [0.4, 0.5) is 5.69 Å². The molecule has 0 spiro atoms. The fourth-order valence-corrected chi connectivity index (χ4v) is 6.00. The first-order valence-electron chi connectivity index (χ1n) is 12.1. The van der Waals surface area contributed by atoms with Crippen molar-refractivity contribution in [1.29, 1.82) is 0 Å². The normalized spacial score (nSPS) is 12.1. The minimum absolute atomic E-state index is 0.0354. The number of hydrogen-bond donors (Lipinski definition) is 1. The summed E-state index contributed by atoms with van der Waals surface area (Å²) in [4.78, 5) is 28.2. The summed E-state index contributed by atoms with van der Waals surface area (Å²) in [6.07, 6.45) is 0.321. The lowest BCUT2D eigenvalue weighted by Crippen LogP contribution is -2.51. The predicted molar refractivity (Wildman–Crippen MR) is 152 cm³/mol. The van der Waals surface area contributed by atoms with E-state index in [-0.39, 0.29) is 17.3 Å². The highest BCUT2D eigenvalue weighted by Crippen LogP contribution is 2.28. The SMILES string of the molecule is CC[C@@H](C(=O)NC)N(Cc1ccc(Cl)c(Cl)c1)C(=O)CN(c1cc(C)cc(C)c1)S(=O)(=O)c1ccccc1. The van der Waals surface area contributed by atoms with Gasteiger partial charge in [-0.2, -0.15) is 0 Å². The van der Waals surface area contributed by atoms with E-state index in [1.54, 1.807) is 55.5 Å². The molecular weight excluding hydrogens is 545 g/mol. The second-order valence-corrected chi connectivity index (χ2v) is 11.7. The molecule has 1 atom stereocenters. The first-order valence-corrected chi connectivity index (χ1v) is 14.3. The van der Waals surface area contributed by atoms with E-state index in [2.05, 4.69) is 5.32 Å².